The van der Waals surface area contributed by atoms with Gasteiger partial charge in [0.05, 0.1) is 18.8 Å². The van der Waals surface area contributed by atoms with Gasteiger partial charge in [0.2, 0.25) is 17.8 Å². The summed E-state index contributed by atoms with van der Waals surface area (Å²) in [4.78, 5) is 39.2. The first-order chi connectivity index (χ1) is 13.0. The molecule has 0 aliphatic carbocycles. The van der Waals surface area contributed by atoms with Crippen molar-refractivity contribution in [2.45, 2.75) is 70.2 Å². The summed E-state index contributed by atoms with van der Waals surface area (Å²) in [7, 11) is 0. The molecule has 11 nitrogen and oxygen atoms in total. The number of Topliss-reactive ketones (excluding diaryl/α,β-unsaturated/α-hetero) is 1. The molecule has 0 aromatic carbocycles. The molecule has 0 amide bonds. The number of aliphatic hydroxyl groups excluding tert-OH is 3. The number of nitrogens with one attached hydrogen (secondary N) is 1. The number of ketones is 1. The van der Waals surface area contributed by atoms with E-state index in [9.17, 15) is 29.7 Å². The van der Waals surface area contributed by atoms with E-state index in [2.05, 4.69) is 0 Å². The Morgan fingerprint density at radius 2 is 1.82 bits per heavy atom. The van der Waals surface area contributed by atoms with Crippen LogP contribution in [-0.4, -0.2) is 74.1 Å². The van der Waals surface area contributed by atoms with Crippen LogP contribution in [0.5, 0.6) is 0 Å². The molecule has 1 aliphatic rings. The maximum Gasteiger partial charge on any atom is 0.331 e. The molecule has 0 unspecified atom stereocenters. The number of carbonyl (C=O) groups excluding carboxylic acids is 1. The highest BCUT2D eigenvalue weighted by Gasteiger charge is 2.62. The molecule has 1 saturated heterocycles. The van der Waals surface area contributed by atoms with Crippen molar-refractivity contribution in [3.63, 3.8) is 0 Å². The summed E-state index contributed by atoms with van der Waals surface area (Å²) in [5.41, 5.74) is -4.27. The van der Waals surface area contributed by atoms with Gasteiger partial charge in [-0.05, 0) is 27.7 Å². The van der Waals surface area contributed by atoms with Crippen molar-refractivity contribution >= 4 is 5.78 Å². The van der Waals surface area contributed by atoms with Crippen LogP contribution in [0.3, 0.4) is 0 Å². The van der Waals surface area contributed by atoms with Crippen LogP contribution >= 0.6 is 0 Å². The Kier molecular flexibility index (Phi) is 6.91. The van der Waals surface area contributed by atoms with Gasteiger partial charge >= 0.3 is 5.69 Å². The topological polar surface area (TPSA) is 160 Å². The molecule has 11 heteroatoms. The second-order valence-electron chi connectivity index (χ2n) is 7.02. The van der Waals surface area contributed by atoms with Gasteiger partial charge in [-0.2, -0.15) is 0 Å². The fraction of sp³-hybridized carbons (Fsp3) is 0.706. The Morgan fingerprint density at radius 3 is 2.25 bits per heavy atom. The van der Waals surface area contributed by atoms with Crippen molar-refractivity contribution in [2.24, 2.45) is 0 Å². The number of rotatable bonds is 8. The molecule has 2 heterocycles. The van der Waals surface area contributed by atoms with Gasteiger partial charge in [0.15, 0.2) is 0 Å². The summed E-state index contributed by atoms with van der Waals surface area (Å²) in [6.07, 6.45) is -6.53. The normalized spacial score (nSPS) is 27.9. The molecule has 28 heavy (non-hydrogen) atoms. The molecule has 0 bridgehead atoms. The van der Waals surface area contributed by atoms with E-state index in [-0.39, 0.29) is 0 Å². The van der Waals surface area contributed by atoms with Crippen molar-refractivity contribution in [3.05, 3.63) is 33.1 Å². The summed E-state index contributed by atoms with van der Waals surface area (Å²) >= 11 is 0. The number of aromatic amines is 1. The summed E-state index contributed by atoms with van der Waals surface area (Å²) in [5.74, 6) is -1.01. The summed E-state index contributed by atoms with van der Waals surface area (Å²) in [5, 5.41) is 30.4. The number of nitrogens with zero attached hydrogens (tertiary/aromatic N) is 1. The number of aromatic nitrogens is 2. The van der Waals surface area contributed by atoms with E-state index in [0.29, 0.717) is 4.57 Å². The van der Waals surface area contributed by atoms with Crippen LogP contribution in [0.25, 0.3) is 0 Å². The Bertz CT molecular complexity index is 792. The summed E-state index contributed by atoms with van der Waals surface area (Å²) in [6.45, 7) is 5.88. The van der Waals surface area contributed by atoms with Gasteiger partial charge in [-0.1, -0.05) is 0 Å². The molecular weight excluding hydrogens is 376 g/mol. The van der Waals surface area contributed by atoms with Gasteiger partial charge in [0.1, 0.15) is 18.3 Å². The van der Waals surface area contributed by atoms with Gasteiger partial charge in [0, 0.05) is 12.3 Å². The number of aliphatic hydroxyl groups is 3. The molecular formula is C17H26N2O9. The first-order valence-corrected chi connectivity index (χ1v) is 8.87. The monoisotopic (exact) mass is 402 g/mol. The van der Waals surface area contributed by atoms with Gasteiger partial charge < -0.3 is 29.5 Å². The predicted octanol–water partition coefficient (Wildman–Crippen LogP) is -1.95. The minimum Gasteiger partial charge on any atom is -0.394 e. The second-order valence-corrected chi connectivity index (χ2v) is 7.02. The van der Waals surface area contributed by atoms with Crippen LogP contribution in [-0.2, 0) is 24.7 Å². The molecule has 0 radical (unpaired) electrons. The lowest BCUT2D eigenvalue weighted by Crippen LogP contribution is -2.60. The Hall–Kier alpha value is -1.89. The van der Waals surface area contributed by atoms with E-state index in [1.165, 1.54) is 0 Å². The van der Waals surface area contributed by atoms with Crippen LogP contribution < -0.4 is 11.2 Å². The van der Waals surface area contributed by atoms with Gasteiger partial charge in [-0.15, -0.1) is 0 Å². The maximum absolute atomic E-state index is 13.4. The number of carbonyl (C=O) groups is 1. The molecule has 0 saturated carbocycles. The molecule has 1 aromatic heterocycles. The van der Waals surface area contributed by atoms with Gasteiger partial charge in [-0.25, -0.2) is 4.79 Å². The van der Waals surface area contributed by atoms with Crippen molar-refractivity contribution in [1.29, 1.82) is 0 Å². The lowest BCUT2D eigenvalue weighted by molar-refractivity contribution is -0.225. The molecule has 0 spiro atoms. The first-order valence-electron chi connectivity index (χ1n) is 8.87. The third-order valence-corrected chi connectivity index (χ3v) is 4.16. The number of hydrogen-bond acceptors (Lipinski definition) is 9. The third-order valence-electron chi connectivity index (χ3n) is 4.16. The summed E-state index contributed by atoms with van der Waals surface area (Å²) in [6, 6.07) is 0.951. The SMILES string of the molecule is CC(C)OC(OC(C)C)C(=O)[C@@]1(n2ccc(=O)[nH]c2=O)O[C@H](CO)[C@@H](O)[C@H]1O. The van der Waals surface area contributed by atoms with Crippen molar-refractivity contribution < 1.29 is 34.3 Å². The Balaban J connectivity index is 2.66. The van der Waals surface area contributed by atoms with E-state index in [1.54, 1.807) is 27.7 Å². The van der Waals surface area contributed by atoms with Crippen LogP contribution in [0, 0.1) is 0 Å². The average Bonchev–Trinajstić information content (AvgIpc) is 2.85. The molecule has 1 aromatic rings. The fourth-order valence-corrected chi connectivity index (χ4v) is 2.97. The third kappa shape index (κ3) is 4.09. The fourth-order valence-electron chi connectivity index (χ4n) is 2.97. The first kappa shape index (κ1) is 22.4. The number of ether oxygens (including phenoxy) is 3. The highest BCUT2D eigenvalue weighted by atomic mass is 16.7. The quantitative estimate of drug-likeness (QED) is 0.362. The smallest absolute Gasteiger partial charge is 0.331 e. The second kappa shape index (κ2) is 8.64. The minimum absolute atomic E-state index is 0.464. The van der Waals surface area contributed by atoms with Crippen LogP contribution in [0.1, 0.15) is 27.7 Å². The van der Waals surface area contributed by atoms with Gasteiger partial charge in [-0.3, -0.25) is 19.1 Å². The zero-order chi connectivity index (χ0) is 21.2. The predicted molar refractivity (Wildman–Crippen MR) is 94.5 cm³/mol. The molecule has 4 atom stereocenters. The van der Waals surface area contributed by atoms with Crippen molar-refractivity contribution in [3.8, 4) is 0 Å². The highest BCUT2D eigenvalue weighted by molar-refractivity contribution is 5.89. The van der Waals surface area contributed by atoms with Crippen molar-refractivity contribution in [2.75, 3.05) is 6.61 Å². The molecule has 4 N–H and O–H groups in total. The molecule has 2 rings (SSSR count). The largest absolute Gasteiger partial charge is 0.394 e. The van der Waals surface area contributed by atoms with Crippen LogP contribution in [0.4, 0.5) is 0 Å². The molecule has 1 fully saturated rings. The number of hydrogen-bond donors (Lipinski definition) is 4. The summed E-state index contributed by atoms with van der Waals surface area (Å²) < 4.78 is 17.2. The van der Waals surface area contributed by atoms with E-state index in [4.69, 9.17) is 14.2 Å². The average molecular weight is 402 g/mol. The van der Waals surface area contributed by atoms with E-state index in [0.717, 1.165) is 12.3 Å². The number of H-pyrrole nitrogens is 1. The molecule has 158 valence electrons. The standard InChI is InChI=1S/C17H26N2O9/c1-8(2)26-15(27-9(3)4)14(24)17(13(23)12(22)10(7-20)28-17)19-6-5-11(21)18-16(19)25/h5-6,8-10,12-13,15,20,22-23H,7H2,1-4H3,(H,18,21,25)/t10-,12-,13-,17+/m1/s1. The highest BCUT2D eigenvalue weighted by Crippen LogP contribution is 2.37. The zero-order valence-electron chi connectivity index (χ0n) is 16.1. The maximum atomic E-state index is 13.4. The van der Waals surface area contributed by atoms with Crippen LogP contribution in [0.2, 0.25) is 0 Å². The lowest BCUT2D eigenvalue weighted by atomic mass is 9.97. The zero-order valence-corrected chi connectivity index (χ0v) is 16.1. The Labute approximate surface area is 160 Å². The lowest BCUT2D eigenvalue weighted by Gasteiger charge is -2.35. The van der Waals surface area contributed by atoms with Crippen molar-refractivity contribution in [1.82, 2.24) is 9.55 Å². The van der Waals surface area contributed by atoms with E-state index < -0.39 is 66.2 Å². The Morgan fingerprint density at radius 1 is 1.25 bits per heavy atom. The van der Waals surface area contributed by atoms with E-state index in [1.807, 2.05) is 4.98 Å². The van der Waals surface area contributed by atoms with E-state index >= 15 is 0 Å². The molecule has 1 aliphatic heterocycles. The van der Waals surface area contributed by atoms with Crippen LogP contribution in [0.15, 0.2) is 21.9 Å². The van der Waals surface area contributed by atoms with Gasteiger partial charge in [0.25, 0.3) is 5.56 Å². The minimum atomic E-state index is -2.48.